The number of nitrogens with zero attached hydrogens (tertiary/aromatic N) is 1. The maximum absolute atomic E-state index is 12.3. The number of hydrogen-bond donors (Lipinski definition) is 3. The standard InChI is InChI=1S/C15H19N3O3/c19-14(13-12-3-1-2-10(12)7-17-13)18-8-11-6-9(15(20)21)4-5-16-11/h4-6,10,12-13,17H,1-3,7-8H2,(H,18,19)(H,20,21). The minimum atomic E-state index is -0.990. The molecule has 1 saturated heterocycles. The summed E-state index contributed by atoms with van der Waals surface area (Å²) in [5.41, 5.74) is 0.744. The van der Waals surface area contributed by atoms with Gasteiger partial charge in [-0.1, -0.05) is 6.42 Å². The first-order valence-corrected chi connectivity index (χ1v) is 7.34. The molecule has 1 aromatic heterocycles. The minimum absolute atomic E-state index is 0.00747. The normalized spacial score (nSPS) is 27.3. The van der Waals surface area contributed by atoms with E-state index in [9.17, 15) is 9.59 Å². The van der Waals surface area contributed by atoms with Gasteiger partial charge in [-0.05, 0) is 43.4 Å². The summed E-state index contributed by atoms with van der Waals surface area (Å²) in [5, 5.41) is 15.1. The van der Waals surface area contributed by atoms with Crippen LogP contribution in [0.25, 0.3) is 0 Å². The fourth-order valence-electron chi connectivity index (χ4n) is 3.47. The van der Waals surface area contributed by atoms with Gasteiger partial charge in [0.2, 0.25) is 5.91 Å². The van der Waals surface area contributed by atoms with E-state index in [0.717, 1.165) is 13.0 Å². The molecule has 2 heterocycles. The van der Waals surface area contributed by atoms with Gasteiger partial charge >= 0.3 is 5.97 Å². The Morgan fingerprint density at radius 1 is 1.43 bits per heavy atom. The highest BCUT2D eigenvalue weighted by atomic mass is 16.4. The van der Waals surface area contributed by atoms with Crippen LogP contribution in [0.15, 0.2) is 18.3 Å². The van der Waals surface area contributed by atoms with Crippen molar-refractivity contribution in [3.63, 3.8) is 0 Å². The topological polar surface area (TPSA) is 91.3 Å². The summed E-state index contributed by atoms with van der Waals surface area (Å²) in [7, 11) is 0. The van der Waals surface area contributed by atoms with Crippen LogP contribution >= 0.6 is 0 Å². The second-order valence-electron chi connectivity index (χ2n) is 5.80. The number of carboxylic acids is 1. The van der Waals surface area contributed by atoms with Gasteiger partial charge in [0, 0.05) is 6.20 Å². The highest BCUT2D eigenvalue weighted by Gasteiger charge is 2.42. The lowest BCUT2D eigenvalue weighted by Gasteiger charge is -2.17. The third-order valence-electron chi connectivity index (χ3n) is 4.54. The zero-order valence-electron chi connectivity index (χ0n) is 11.7. The Kier molecular flexibility index (Phi) is 3.88. The van der Waals surface area contributed by atoms with Crippen LogP contribution in [0, 0.1) is 11.8 Å². The van der Waals surface area contributed by atoms with Crippen molar-refractivity contribution in [2.24, 2.45) is 11.8 Å². The molecule has 1 aliphatic carbocycles. The molecule has 0 radical (unpaired) electrons. The van der Waals surface area contributed by atoms with Gasteiger partial charge in [0.15, 0.2) is 0 Å². The van der Waals surface area contributed by atoms with Crippen LogP contribution in [0.2, 0.25) is 0 Å². The van der Waals surface area contributed by atoms with Gasteiger partial charge in [-0.2, -0.15) is 0 Å². The van der Waals surface area contributed by atoms with E-state index in [1.54, 1.807) is 0 Å². The molecule has 1 amide bonds. The van der Waals surface area contributed by atoms with Crippen molar-refractivity contribution in [3.8, 4) is 0 Å². The Morgan fingerprint density at radius 3 is 3.10 bits per heavy atom. The number of pyridine rings is 1. The summed E-state index contributed by atoms with van der Waals surface area (Å²) < 4.78 is 0. The Labute approximate surface area is 123 Å². The zero-order chi connectivity index (χ0) is 14.8. The lowest BCUT2D eigenvalue weighted by Crippen LogP contribution is -2.43. The van der Waals surface area contributed by atoms with Crippen LogP contribution in [0.5, 0.6) is 0 Å². The summed E-state index contributed by atoms with van der Waals surface area (Å²) in [4.78, 5) is 27.3. The molecule has 0 bridgehead atoms. The first kappa shape index (κ1) is 14.0. The largest absolute Gasteiger partial charge is 0.478 e. The number of carbonyl (C=O) groups is 2. The van der Waals surface area contributed by atoms with Crippen LogP contribution < -0.4 is 10.6 Å². The summed E-state index contributed by atoms with van der Waals surface area (Å²) in [5.74, 6) is 0.0840. The number of hydrogen-bond acceptors (Lipinski definition) is 4. The summed E-state index contributed by atoms with van der Waals surface area (Å²) in [6.07, 6.45) is 4.99. The van der Waals surface area contributed by atoms with Crippen molar-refractivity contribution < 1.29 is 14.7 Å². The van der Waals surface area contributed by atoms with Gasteiger partial charge in [0.25, 0.3) is 0 Å². The first-order chi connectivity index (χ1) is 10.1. The molecule has 1 aliphatic heterocycles. The van der Waals surface area contributed by atoms with E-state index < -0.39 is 5.97 Å². The lowest BCUT2D eigenvalue weighted by molar-refractivity contribution is -0.124. The Hall–Kier alpha value is -1.95. The van der Waals surface area contributed by atoms with Crippen LogP contribution in [0.3, 0.4) is 0 Å². The molecule has 1 aromatic rings. The highest BCUT2D eigenvalue weighted by molar-refractivity contribution is 5.87. The molecule has 1 saturated carbocycles. The van der Waals surface area contributed by atoms with Gasteiger partial charge in [0.05, 0.1) is 23.8 Å². The predicted octanol–water partition coefficient (Wildman–Crippen LogP) is 0.784. The third kappa shape index (κ3) is 2.90. The number of fused-ring (bicyclic) bond motifs is 1. The quantitative estimate of drug-likeness (QED) is 0.762. The molecule has 6 heteroatoms. The molecule has 0 spiro atoms. The molecule has 21 heavy (non-hydrogen) atoms. The lowest BCUT2D eigenvalue weighted by atomic mass is 9.93. The molecule has 3 unspecified atom stereocenters. The van der Waals surface area contributed by atoms with Gasteiger partial charge in [-0.3, -0.25) is 9.78 Å². The maximum atomic E-state index is 12.3. The van der Waals surface area contributed by atoms with Gasteiger partial charge in [0.1, 0.15) is 0 Å². The smallest absolute Gasteiger partial charge is 0.335 e. The van der Waals surface area contributed by atoms with Crippen molar-refractivity contribution >= 4 is 11.9 Å². The molecule has 0 aromatic carbocycles. The van der Waals surface area contributed by atoms with E-state index in [0.29, 0.717) is 17.5 Å². The molecule has 6 nitrogen and oxygen atoms in total. The van der Waals surface area contributed by atoms with Crippen molar-refractivity contribution in [1.29, 1.82) is 0 Å². The zero-order valence-corrected chi connectivity index (χ0v) is 11.7. The summed E-state index contributed by atoms with van der Waals surface area (Å²) in [6, 6.07) is 2.82. The Morgan fingerprint density at radius 2 is 2.29 bits per heavy atom. The molecule has 3 rings (SSSR count). The second-order valence-corrected chi connectivity index (χ2v) is 5.80. The number of nitrogens with one attached hydrogen (secondary N) is 2. The van der Waals surface area contributed by atoms with E-state index in [1.807, 2.05) is 0 Å². The minimum Gasteiger partial charge on any atom is -0.478 e. The second kappa shape index (κ2) is 5.81. The van der Waals surface area contributed by atoms with E-state index in [1.165, 1.54) is 31.2 Å². The molecule has 2 fully saturated rings. The Bertz CT molecular complexity index is 561. The fourth-order valence-corrected chi connectivity index (χ4v) is 3.47. The van der Waals surface area contributed by atoms with Crippen molar-refractivity contribution in [2.45, 2.75) is 31.8 Å². The van der Waals surface area contributed by atoms with E-state index in [-0.39, 0.29) is 24.1 Å². The van der Waals surface area contributed by atoms with Crippen LogP contribution in [-0.2, 0) is 11.3 Å². The van der Waals surface area contributed by atoms with Crippen molar-refractivity contribution in [2.75, 3.05) is 6.54 Å². The van der Waals surface area contributed by atoms with E-state index in [2.05, 4.69) is 15.6 Å². The van der Waals surface area contributed by atoms with Crippen LogP contribution in [0.4, 0.5) is 0 Å². The van der Waals surface area contributed by atoms with E-state index in [4.69, 9.17) is 5.11 Å². The molecule has 112 valence electrons. The van der Waals surface area contributed by atoms with Crippen molar-refractivity contribution in [1.82, 2.24) is 15.6 Å². The molecule has 3 N–H and O–H groups in total. The number of aromatic carboxylic acids is 1. The molecule has 3 atom stereocenters. The number of aromatic nitrogens is 1. The number of carbonyl (C=O) groups excluding carboxylic acids is 1. The average molecular weight is 289 g/mol. The van der Waals surface area contributed by atoms with Gasteiger partial charge in [-0.25, -0.2) is 4.79 Å². The van der Waals surface area contributed by atoms with Crippen LogP contribution in [-0.4, -0.2) is 34.6 Å². The molecular formula is C15H19N3O3. The van der Waals surface area contributed by atoms with E-state index >= 15 is 0 Å². The SMILES string of the molecule is O=C(O)c1ccnc(CNC(=O)C2NCC3CCCC32)c1. The highest BCUT2D eigenvalue weighted by Crippen LogP contribution is 2.37. The third-order valence-corrected chi connectivity index (χ3v) is 4.54. The van der Waals surface area contributed by atoms with Gasteiger partial charge in [-0.15, -0.1) is 0 Å². The molecular weight excluding hydrogens is 270 g/mol. The number of rotatable bonds is 4. The van der Waals surface area contributed by atoms with Crippen molar-refractivity contribution in [3.05, 3.63) is 29.6 Å². The first-order valence-electron chi connectivity index (χ1n) is 7.34. The molecule has 2 aliphatic rings. The summed E-state index contributed by atoms with van der Waals surface area (Å²) in [6.45, 7) is 1.19. The van der Waals surface area contributed by atoms with Gasteiger partial charge < -0.3 is 15.7 Å². The number of carboxylic acid groups (broad SMARTS) is 1. The predicted molar refractivity (Wildman–Crippen MR) is 75.7 cm³/mol. The monoisotopic (exact) mass is 289 g/mol. The average Bonchev–Trinajstić information content (AvgIpc) is 3.07. The Balaban J connectivity index is 1.58. The fraction of sp³-hybridized carbons (Fsp3) is 0.533. The summed E-state index contributed by atoms with van der Waals surface area (Å²) >= 11 is 0. The maximum Gasteiger partial charge on any atom is 0.335 e. The van der Waals surface area contributed by atoms with Crippen LogP contribution in [0.1, 0.15) is 35.3 Å². The number of amides is 1.